The lowest BCUT2D eigenvalue weighted by Crippen LogP contribution is -2.34. The molecule has 2 N–H and O–H groups in total. The number of anilines is 1. The van der Waals surface area contributed by atoms with E-state index in [1.54, 1.807) is 0 Å². The molecule has 0 atom stereocenters. The fourth-order valence-electron chi connectivity index (χ4n) is 2.28. The van der Waals surface area contributed by atoms with Crippen LogP contribution in [0.3, 0.4) is 0 Å². The maximum atomic E-state index is 14.1. The minimum atomic E-state index is -0.731. The van der Waals surface area contributed by atoms with Crippen molar-refractivity contribution in [3.63, 3.8) is 0 Å². The lowest BCUT2D eigenvalue weighted by Gasteiger charge is -2.29. The molecule has 0 aromatic carbocycles. The molecule has 2 aromatic rings. The summed E-state index contributed by atoms with van der Waals surface area (Å²) in [7, 11) is 1.40. The average Bonchev–Trinajstić information content (AvgIpc) is 2.58. The van der Waals surface area contributed by atoms with Gasteiger partial charge in [-0.3, -0.25) is 0 Å². The van der Waals surface area contributed by atoms with Crippen molar-refractivity contribution in [2.75, 3.05) is 38.5 Å². The van der Waals surface area contributed by atoms with Crippen LogP contribution >= 0.6 is 23.2 Å². The van der Waals surface area contributed by atoms with Crippen molar-refractivity contribution in [3.05, 3.63) is 16.3 Å². The zero-order valence-corrected chi connectivity index (χ0v) is 15.3. The number of ether oxygens (including phenoxy) is 2. The predicted molar refractivity (Wildman–Crippen MR) is 92.5 cm³/mol. The highest BCUT2D eigenvalue weighted by Gasteiger charge is 2.27. The first-order valence-corrected chi connectivity index (χ1v) is 8.19. The van der Waals surface area contributed by atoms with Gasteiger partial charge in [0.15, 0.2) is 17.7 Å². The molecule has 0 radical (unpaired) electrons. The second-order valence-electron chi connectivity index (χ2n) is 4.88. The van der Waals surface area contributed by atoms with Gasteiger partial charge in [0.1, 0.15) is 16.7 Å². The van der Waals surface area contributed by atoms with Gasteiger partial charge in [-0.25, -0.2) is 15.3 Å². The molecular weight excluding hydrogens is 376 g/mol. The molecule has 0 amide bonds. The number of hydrogen-bond acceptors (Lipinski definition) is 8. The average molecular weight is 394 g/mol. The molecular formula is C14H18Cl2FN5O3. The molecule has 1 aliphatic rings. The first-order valence-electron chi connectivity index (χ1n) is 7.44. The van der Waals surface area contributed by atoms with Crippen LogP contribution < -0.4 is 15.5 Å². The van der Waals surface area contributed by atoms with E-state index in [0.29, 0.717) is 31.0 Å². The smallest absolute Gasteiger partial charge is 0.230 e. The summed E-state index contributed by atoms with van der Waals surface area (Å²) in [6.07, 6.45) is 0.777. The second kappa shape index (κ2) is 9.25. The van der Waals surface area contributed by atoms with Crippen molar-refractivity contribution < 1.29 is 18.7 Å². The summed E-state index contributed by atoms with van der Waals surface area (Å²) in [5, 5.41) is 0.0355. The van der Waals surface area contributed by atoms with Crippen LogP contribution in [-0.4, -0.2) is 48.6 Å². The summed E-state index contributed by atoms with van der Waals surface area (Å²) in [5.74, 6) is 4.33. The third-order valence-corrected chi connectivity index (χ3v) is 3.66. The molecule has 8 nitrogen and oxygen atoms in total. The Morgan fingerprint density at radius 2 is 2.04 bits per heavy atom. The largest absolute Gasteiger partial charge is 0.456 e. The van der Waals surface area contributed by atoms with E-state index < -0.39 is 5.82 Å². The summed E-state index contributed by atoms with van der Waals surface area (Å²) >= 11 is 11.7. The van der Waals surface area contributed by atoms with Crippen molar-refractivity contribution in [3.8, 4) is 5.88 Å². The Kier molecular flexibility index (Phi) is 7.33. The summed E-state index contributed by atoms with van der Waals surface area (Å²) in [4.78, 5) is 17.6. The van der Waals surface area contributed by atoms with Gasteiger partial charge in [0.25, 0.3) is 0 Å². The molecule has 1 aliphatic heterocycles. The first-order chi connectivity index (χ1) is 12.0. The van der Waals surface area contributed by atoms with Crippen LogP contribution in [0.15, 0.2) is 0 Å². The van der Waals surface area contributed by atoms with Gasteiger partial charge in [0.05, 0.1) is 7.11 Å². The van der Waals surface area contributed by atoms with E-state index in [9.17, 15) is 4.39 Å². The van der Waals surface area contributed by atoms with Gasteiger partial charge >= 0.3 is 0 Å². The normalized spacial score (nSPS) is 12.6. The minimum Gasteiger partial charge on any atom is -0.456 e. The van der Waals surface area contributed by atoms with Gasteiger partial charge in [-0.2, -0.15) is 9.97 Å². The zero-order chi connectivity index (χ0) is 18.4. The zero-order valence-electron chi connectivity index (χ0n) is 13.8. The molecule has 3 rings (SSSR count). The topological polar surface area (TPSA) is 95.6 Å². The van der Waals surface area contributed by atoms with Crippen LogP contribution in [0.1, 0.15) is 13.3 Å². The molecule has 138 valence electrons. The number of halogens is 3. The minimum absolute atomic E-state index is 0.0134. The number of hydrogen-bond donors (Lipinski definition) is 1. The van der Waals surface area contributed by atoms with Crippen molar-refractivity contribution in [1.29, 1.82) is 0 Å². The SMILES string of the molecule is CCOCCCN1COc2nc(Cl)c(F)c3nc(Cl)nc1c23.CON. The third-order valence-electron chi connectivity index (χ3n) is 3.24. The van der Waals surface area contributed by atoms with Gasteiger partial charge < -0.3 is 19.2 Å². The van der Waals surface area contributed by atoms with E-state index in [0.717, 1.165) is 6.42 Å². The van der Waals surface area contributed by atoms with Crippen LogP contribution in [0.4, 0.5) is 10.2 Å². The highest BCUT2D eigenvalue weighted by Crippen LogP contribution is 2.38. The van der Waals surface area contributed by atoms with Gasteiger partial charge in [-0.05, 0) is 24.9 Å². The fourth-order valence-corrected chi connectivity index (χ4v) is 2.61. The highest BCUT2D eigenvalue weighted by molar-refractivity contribution is 6.31. The van der Waals surface area contributed by atoms with Crippen molar-refractivity contribution >= 4 is 39.9 Å². The number of rotatable bonds is 5. The predicted octanol–water partition coefficient (Wildman–Crippen LogP) is 2.56. The van der Waals surface area contributed by atoms with Crippen molar-refractivity contribution in [2.24, 2.45) is 5.90 Å². The van der Waals surface area contributed by atoms with Crippen LogP contribution in [0, 0.1) is 5.82 Å². The van der Waals surface area contributed by atoms with E-state index in [1.165, 1.54) is 7.11 Å². The summed E-state index contributed by atoms with van der Waals surface area (Å²) < 4.78 is 25.0. The lowest BCUT2D eigenvalue weighted by atomic mass is 10.2. The van der Waals surface area contributed by atoms with E-state index >= 15 is 0 Å². The van der Waals surface area contributed by atoms with Gasteiger partial charge in [0, 0.05) is 19.8 Å². The summed E-state index contributed by atoms with van der Waals surface area (Å²) in [5.41, 5.74) is 0.0134. The van der Waals surface area contributed by atoms with E-state index in [4.69, 9.17) is 32.7 Å². The molecule has 0 aliphatic carbocycles. The standard InChI is InChI=1S/C13H13Cl2FN4O2.CH5NO/c1-2-21-5-3-4-20-6-22-12-7-9(8(16)10(14)18-12)17-13(15)19-11(7)20;1-3-2/h2-6H2,1H3;2H2,1H3. The monoisotopic (exact) mass is 393 g/mol. The van der Waals surface area contributed by atoms with E-state index in [1.807, 2.05) is 11.8 Å². The quantitative estimate of drug-likeness (QED) is 0.358. The number of aromatic nitrogens is 3. The lowest BCUT2D eigenvalue weighted by molar-refractivity contribution is 0.144. The Hall–Kier alpha value is -1.52. The van der Waals surface area contributed by atoms with Crippen molar-refractivity contribution in [2.45, 2.75) is 13.3 Å². The second-order valence-corrected chi connectivity index (χ2v) is 5.58. The van der Waals surface area contributed by atoms with E-state index in [2.05, 4.69) is 25.7 Å². The summed E-state index contributed by atoms with van der Waals surface area (Å²) in [6.45, 7) is 4.08. The van der Waals surface area contributed by atoms with Gasteiger partial charge in [-0.15, -0.1) is 0 Å². The van der Waals surface area contributed by atoms with E-state index in [-0.39, 0.29) is 28.6 Å². The molecule has 0 unspecified atom stereocenters. The molecule has 2 aromatic heterocycles. The molecule has 0 bridgehead atoms. The fraction of sp³-hybridized carbons (Fsp3) is 0.500. The Morgan fingerprint density at radius 1 is 1.32 bits per heavy atom. The maximum Gasteiger partial charge on any atom is 0.230 e. The van der Waals surface area contributed by atoms with Crippen LogP contribution in [-0.2, 0) is 9.57 Å². The molecule has 11 heteroatoms. The Balaban J connectivity index is 0.000000701. The maximum absolute atomic E-state index is 14.1. The number of nitrogens with two attached hydrogens (primary N) is 1. The van der Waals surface area contributed by atoms with Crippen LogP contribution in [0.25, 0.3) is 10.9 Å². The molecule has 0 spiro atoms. The molecule has 3 heterocycles. The third kappa shape index (κ3) is 4.56. The van der Waals surface area contributed by atoms with Gasteiger partial charge in [0.2, 0.25) is 11.2 Å². The Morgan fingerprint density at radius 3 is 2.72 bits per heavy atom. The van der Waals surface area contributed by atoms with Gasteiger partial charge in [-0.1, -0.05) is 11.6 Å². The molecule has 0 saturated carbocycles. The van der Waals surface area contributed by atoms with Crippen LogP contribution in [0.5, 0.6) is 5.88 Å². The Bertz CT molecular complexity index is 737. The Labute approximate surface area is 153 Å². The first kappa shape index (κ1) is 19.8. The van der Waals surface area contributed by atoms with Crippen molar-refractivity contribution in [1.82, 2.24) is 15.0 Å². The summed E-state index contributed by atoms with van der Waals surface area (Å²) in [6, 6.07) is 0. The van der Waals surface area contributed by atoms with Crippen LogP contribution in [0.2, 0.25) is 10.4 Å². The molecule has 25 heavy (non-hydrogen) atoms. The molecule has 0 saturated heterocycles. The molecule has 0 fully saturated rings. The number of pyridine rings is 1. The highest BCUT2D eigenvalue weighted by atomic mass is 35.5. The number of nitrogens with zero attached hydrogens (tertiary/aromatic N) is 4.